The molecule has 0 saturated carbocycles. The van der Waals surface area contributed by atoms with E-state index in [-0.39, 0.29) is 37.0 Å². The van der Waals surface area contributed by atoms with Crippen LogP contribution in [0.2, 0.25) is 10.0 Å². The molecule has 0 atom stereocenters. The molecule has 3 aromatic rings. The van der Waals surface area contributed by atoms with Crippen molar-refractivity contribution in [2.45, 2.75) is 11.3 Å². The summed E-state index contributed by atoms with van der Waals surface area (Å²) < 4.78 is 32.3. The van der Waals surface area contributed by atoms with E-state index in [9.17, 15) is 13.2 Å². The van der Waals surface area contributed by atoms with Gasteiger partial charge in [0, 0.05) is 48.0 Å². The third-order valence-electron chi connectivity index (χ3n) is 5.38. The molecule has 2 heterocycles. The van der Waals surface area contributed by atoms with Gasteiger partial charge in [0.25, 0.3) is 5.91 Å². The first-order chi connectivity index (χ1) is 15.8. The van der Waals surface area contributed by atoms with Gasteiger partial charge in [-0.15, -0.1) is 11.3 Å². The average molecular weight is 526 g/mol. The molecular weight excluding hydrogens is 505 g/mol. The maximum Gasteiger partial charge on any atom is 0.273 e. The van der Waals surface area contributed by atoms with E-state index in [0.29, 0.717) is 27.9 Å². The number of methoxy groups -OCH3 is 1. The van der Waals surface area contributed by atoms with Crippen molar-refractivity contribution in [2.75, 3.05) is 33.3 Å². The lowest BCUT2D eigenvalue weighted by Crippen LogP contribution is -2.50. The highest BCUT2D eigenvalue weighted by atomic mass is 35.5. The van der Waals surface area contributed by atoms with Crippen molar-refractivity contribution in [3.8, 4) is 5.75 Å². The number of thiazole rings is 1. The normalized spacial score (nSPS) is 14.9. The first-order valence-electron chi connectivity index (χ1n) is 10.1. The van der Waals surface area contributed by atoms with Crippen LogP contribution in [-0.4, -0.2) is 61.8 Å². The van der Waals surface area contributed by atoms with Crippen LogP contribution in [0.4, 0.5) is 0 Å². The maximum absolute atomic E-state index is 12.9. The minimum atomic E-state index is -3.64. The lowest BCUT2D eigenvalue weighted by Gasteiger charge is -2.33. The van der Waals surface area contributed by atoms with Gasteiger partial charge in [0.15, 0.2) is 0 Å². The van der Waals surface area contributed by atoms with Crippen LogP contribution in [0.1, 0.15) is 21.1 Å². The lowest BCUT2D eigenvalue weighted by atomic mass is 10.1. The molecule has 0 radical (unpaired) electrons. The Hall–Kier alpha value is -2.17. The number of sulfonamides is 1. The van der Waals surface area contributed by atoms with Crippen LogP contribution >= 0.6 is 34.5 Å². The zero-order valence-corrected chi connectivity index (χ0v) is 20.8. The molecule has 11 heteroatoms. The van der Waals surface area contributed by atoms with Crippen LogP contribution < -0.4 is 4.74 Å². The van der Waals surface area contributed by atoms with E-state index in [0.717, 1.165) is 10.6 Å². The fourth-order valence-electron chi connectivity index (χ4n) is 3.53. The predicted octanol–water partition coefficient (Wildman–Crippen LogP) is 4.20. The number of benzene rings is 2. The Balaban J connectivity index is 1.39. The number of carbonyl (C=O) groups is 1. The van der Waals surface area contributed by atoms with Crippen LogP contribution in [0.5, 0.6) is 5.75 Å². The summed E-state index contributed by atoms with van der Waals surface area (Å²) in [6.45, 7) is 1.01. The Morgan fingerprint density at radius 2 is 1.70 bits per heavy atom. The molecule has 1 aliphatic heterocycles. The third-order valence-corrected chi connectivity index (χ3v) is 8.85. The Labute approximate surface area is 206 Å². The van der Waals surface area contributed by atoms with Gasteiger partial charge in [0.05, 0.1) is 17.0 Å². The molecule has 0 aliphatic carbocycles. The number of piperazine rings is 1. The summed E-state index contributed by atoms with van der Waals surface area (Å²) in [4.78, 5) is 19.2. The minimum absolute atomic E-state index is 0.199. The molecule has 0 unspecified atom stereocenters. The highest BCUT2D eigenvalue weighted by Gasteiger charge is 2.31. The molecule has 2 aromatic carbocycles. The zero-order valence-electron chi connectivity index (χ0n) is 17.7. The van der Waals surface area contributed by atoms with E-state index in [4.69, 9.17) is 27.9 Å². The van der Waals surface area contributed by atoms with Gasteiger partial charge in [-0.25, -0.2) is 13.4 Å². The van der Waals surface area contributed by atoms with Crippen molar-refractivity contribution < 1.29 is 17.9 Å². The number of carbonyl (C=O) groups excluding carboxylic acids is 1. The van der Waals surface area contributed by atoms with Crippen molar-refractivity contribution in [1.82, 2.24) is 14.2 Å². The number of amides is 1. The van der Waals surface area contributed by atoms with Gasteiger partial charge >= 0.3 is 0 Å². The number of nitrogens with zero attached hydrogens (tertiary/aromatic N) is 3. The number of aromatic nitrogens is 1. The monoisotopic (exact) mass is 525 g/mol. The summed E-state index contributed by atoms with van der Waals surface area (Å²) in [5.41, 5.74) is 1.11. The highest BCUT2D eigenvalue weighted by Crippen LogP contribution is 2.28. The quantitative estimate of drug-likeness (QED) is 0.481. The number of halogens is 2. The van der Waals surface area contributed by atoms with Gasteiger partial charge in [-0.05, 0) is 42.0 Å². The standard InChI is InChI=1S/C22H21Cl2N3O4S2/c1-31-15-5-7-16(8-6-15)33(29,30)27-11-9-26(10-12-27)22(28)20-14-32-21(25-20)13-17-18(23)3-2-4-19(17)24/h2-8,14H,9-13H2,1H3. The van der Waals surface area contributed by atoms with E-state index in [2.05, 4.69) is 4.98 Å². The van der Waals surface area contributed by atoms with Gasteiger partial charge in [-0.2, -0.15) is 4.31 Å². The fourth-order valence-corrected chi connectivity index (χ4v) is 6.27. The molecule has 1 aromatic heterocycles. The largest absolute Gasteiger partial charge is 0.497 e. The number of hydrogen-bond acceptors (Lipinski definition) is 6. The van der Waals surface area contributed by atoms with Crippen molar-refractivity contribution >= 4 is 50.5 Å². The van der Waals surface area contributed by atoms with E-state index in [1.807, 2.05) is 0 Å². The predicted molar refractivity (Wildman–Crippen MR) is 129 cm³/mol. The molecule has 1 fully saturated rings. The van der Waals surface area contributed by atoms with Crippen LogP contribution in [-0.2, 0) is 16.4 Å². The fraction of sp³-hybridized carbons (Fsp3) is 0.273. The number of ether oxygens (including phenoxy) is 1. The molecule has 0 N–H and O–H groups in total. The molecule has 33 heavy (non-hydrogen) atoms. The molecule has 1 saturated heterocycles. The molecule has 1 aliphatic rings. The number of hydrogen-bond donors (Lipinski definition) is 0. The topological polar surface area (TPSA) is 79.8 Å². The van der Waals surface area contributed by atoms with Crippen LogP contribution in [0.25, 0.3) is 0 Å². The average Bonchev–Trinajstić information content (AvgIpc) is 3.30. The van der Waals surface area contributed by atoms with Gasteiger partial charge < -0.3 is 9.64 Å². The van der Waals surface area contributed by atoms with Gasteiger partial charge in [-0.1, -0.05) is 29.3 Å². The summed E-state index contributed by atoms with van der Waals surface area (Å²) in [5, 5.41) is 3.55. The van der Waals surface area contributed by atoms with Crippen molar-refractivity contribution in [3.63, 3.8) is 0 Å². The van der Waals surface area contributed by atoms with Crippen molar-refractivity contribution in [1.29, 1.82) is 0 Å². The summed E-state index contributed by atoms with van der Waals surface area (Å²) >= 11 is 13.8. The van der Waals surface area contributed by atoms with Gasteiger partial charge in [0.2, 0.25) is 10.0 Å². The second kappa shape index (κ2) is 9.99. The smallest absolute Gasteiger partial charge is 0.273 e. The second-order valence-corrected chi connectivity index (χ2v) is 11.1. The van der Waals surface area contributed by atoms with E-state index in [1.165, 1.54) is 34.9 Å². The zero-order chi connectivity index (χ0) is 23.6. The first kappa shape index (κ1) is 24.0. The van der Waals surface area contributed by atoms with Crippen molar-refractivity contribution in [2.24, 2.45) is 0 Å². The Kier molecular flexibility index (Phi) is 7.25. The summed E-state index contributed by atoms with van der Waals surface area (Å²) in [7, 11) is -2.11. The molecule has 0 spiro atoms. The van der Waals surface area contributed by atoms with Gasteiger partial charge in [0.1, 0.15) is 11.4 Å². The molecule has 174 valence electrons. The minimum Gasteiger partial charge on any atom is -0.497 e. The lowest BCUT2D eigenvalue weighted by molar-refractivity contribution is 0.0692. The molecule has 4 rings (SSSR count). The van der Waals surface area contributed by atoms with Crippen LogP contribution in [0.3, 0.4) is 0 Å². The second-order valence-electron chi connectivity index (χ2n) is 7.38. The maximum atomic E-state index is 12.9. The van der Waals surface area contributed by atoms with E-state index >= 15 is 0 Å². The first-order valence-corrected chi connectivity index (χ1v) is 13.2. The van der Waals surface area contributed by atoms with Gasteiger partial charge in [-0.3, -0.25) is 4.79 Å². The van der Waals surface area contributed by atoms with Crippen LogP contribution in [0, 0.1) is 0 Å². The SMILES string of the molecule is COc1ccc(S(=O)(=O)N2CCN(C(=O)c3csc(Cc4c(Cl)cccc4Cl)n3)CC2)cc1. The third kappa shape index (κ3) is 5.17. The van der Waals surface area contributed by atoms with E-state index < -0.39 is 10.0 Å². The van der Waals surface area contributed by atoms with Crippen molar-refractivity contribution in [3.05, 3.63) is 74.2 Å². The molecular formula is C22H21Cl2N3O4S2. The summed E-state index contributed by atoms with van der Waals surface area (Å²) in [6, 6.07) is 11.6. The Morgan fingerprint density at radius 3 is 2.30 bits per heavy atom. The van der Waals surface area contributed by atoms with E-state index in [1.54, 1.807) is 40.6 Å². The molecule has 1 amide bonds. The van der Waals surface area contributed by atoms with Crippen LogP contribution in [0.15, 0.2) is 52.7 Å². The summed E-state index contributed by atoms with van der Waals surface area (Å²) in [6.07, 6.45) is 0.435. The summed E-state index contributed by atoms with van der Waals surface area (Å²) in [5.74, 6) is 0.369. The highest BCUT2D eigenvalue weighted by molar-refractivity contribution is 7.89. The number of rotatable bonds is 6. The Bertz CT molecular complexity index is 1230. The molecule has 0 bridgehead atoms. The molecule has 7 nitrogen and oxygen atoms in total. The Morgan fingerprint density at radius 1 is 1.06 bits per heavy atom.